The van der Waals surface area contributed by atoms with Crippen LogP contribution in [0.5, 0.6) is 5.75 Å². The van der Waals surface area contributed by atoms with Gasteiger partial charge in [0.2, 0.25) is 0 Å². The molecule has 3 N–H and O–H groups in total. The minimum Gasteiger partial charge on any atom is -0.487 e. The lowest BCUT2D eigenvalue weighted by atomic mass is 10.2. The fourth-order valence-electron chi connectivity index (χ4n) is 1.62. The van der Waals surface area contributed by atoms with Crippen LogP contribution in [0.25, 0.3) is 0 Å². The molecule has 94 valence electrons. The van der Waals surface area contributed by atoms with Crippen molar-refractivity contribution in [3.63, 3.8) is 0 Å². The molecule has 18 heavy (non-hydrogen) atoms. The van der Waals surface area contributed by atoms with E-state index < -0.39 is 0 Å². The SMILES string of the molecule is CCc1ccc(OCc2cccc(NN)n2)cc1. The molecular weight excluding hydrogens is 226 g/mol. The van der Waals surface area contributed by atoms with Crippen molar-refractivity contribution in [2.45, 2.75) is 20.0 Å². The fourth-order valence-corrected chi connectivity index (χ4v) is 1.62. The van der Waals surface area contributed by atoms with Crippen LogP contribution in [0.3, 0.4) is 0 Å². The molecule has 0 aliphatic rings. The first-order valence-electron chi connectivity index (χ1n) is 5.96. The second kappa shape index (κ2) is 6.02. The maximum absolute atomic E-state index is 5.66. The smallest absolute Gasteiger partial charge is 0.140 e. The minimum atomic E-state index is 0.432. The zero-order chi connectivity index (χ0) is 12.8. The molecule has 4 heteroatoms. The first-order valence-corrected chi connectivity index (χ1v) is 5.96. The monoisotopic (exact) mass is 243 g/mol. The Morgan fingerprint density at radius 3 is 2.61 bits per heavy atom. The molecule has 1 heterocycles. The minimum absolute atomic E-state index is 0.432. The molecule has 0 unspecified atom stereocenters. The molecule has 1 aromatic heterocycles. The van der Waals surface area contributed by atoms with Gasteiger partial charge < -0.3 is 10.2 Å². The molecule has 2 rings (SSSR count). The summed E-state index contributed by atoms with van der Waals surface area (Å²) in [6.07, 6.45) is 1.03. The van der Waals surface area contributed by atoms with Crippen LogP contribution in [-0.4, -0.2) is 4.98 Å². The van der Waals surface area contributed by atoms with Crippen LogP contribution in [0.4, 0.5) is 5.82 Å². The van der Waals surface area contributed by atoms with Crippen LogP contribution in [0, 0.1) is 0 Å². The van der Waals surface area contributed by atoms with Crippen molar-refractivity contribution < 1.29 is 4.74 Å². The van der Waals surface area contributed by atoms with E-state index in [0.29, 0.717) is 12.4 Å². The zero-order valence-corrected chi connectivity index (χ0v) is 10.4. The van der Waals surface area contributed by atoms with Gasteiger partial charge in [0.1, 0.15) is 18.2 Å². The largest absolute Gasteiger partial charge is 0.487 e. The van der Waals surface area contributed by atoms with Crippen LogP contribution in [0.1, 0.15) is 18.2 Å². The van der Waals surface area contributed by atoms with Crippen LogP contribution in [0.15, 0.2) is 42.5 Å². The van der Waals surface area contributed by atoms with Crippen LogP contribution >= 0.6 is 0 Å². The highest BCUT2D eigenvalue weighted by Crippen LogP contribution is 2.14. The van der Waals surface area contributed by atoms with Gasteiger partial charge in [0.05, 0.1) is 5.69 Å². The summed E-state index contributed by atoms with van der Waals surface area (Å²) in [5.41, 5.74) is 4.65. The summed E-state index contributed by atoms with van der Waals surface area (Å²) >= 11 is 0. The number of benzene rings is 1. The van der Waals surface area contributed by atoms with E-state index in [1.807, 2.05) is 24.3 Å². The summed E-state index contributed by atoms with van der Waals surface area (Å²) in [6.45, 7) is 2.56. The van der Waals surface area contributed by atoms with E-state index in [-0.39, 0.29) is 0 Å². The first-order chi connectivity index (χ1) is 8.81. The molecule has 0 bridgehead atoms. The molecule has 0 saturated heterocycles. The second-order valence-corrected chi connectivity index (χ2v) is 3.94. The van der Waals surface area contributed by atoms with E-state index >= 15 is 0 Å². The quantitative estimate of drug-likeness (QED) is 0.625. The molecule has 0 aliphatic heterocycles. The Bertz CT molecular complexity index is 497. The normalized spacial score (nSPS) is 10.1. The van der Waals surface area contributed by atoms with Gasteiger partial charge in [-0.1, -0.05) is 25.1 Å². The summed E-state index contributed by atoms with van der Waals surface area (Å²) in [5, 5.41) is 0. The molecular formula is C14H17N3O. The highest BCUT2D eigenvalue weighted by Gasteiger charge is 1.99. The number of nitrogen functional groups attached to an aromatic ring is 1. The van der Waals surface area contributed by atoms with Crippen LogP contribution in [0.2, 0.25) is 0 Å². The van der Waals surface area contributed by atoms with Gasteiger partial charge >= 0.3 is 0 Å². The van der Waals surface area contributed by atoms with Crippen molar-refractivity contribution in [3.8, 4) is 5.75 Å². The Balaban J connectivity index is 1.97. The molecule has 0 amide bonds. The van der Waals surface area contributed by atoms with Gasteiger partial charge in [-0.15, -0.1) is 0 Å². The van der Waals surface area contributed by atoms with Crippen LogP contribution in [-0.2, 0) is 13.0 Å². The average molecular weight is 243 g/mol. The molecule has 0 fully saturated rings. The summed E-state index contributed by atoms with van der Waals surface area (Å²) in [5.74, 6) is 6.79. The van der Waals surface area contributed by atoms with Gasteiger partial charge in [-0.3, -0.25) is 0 Å². The molecule has 0 spiro atoms. The number of nitrogens with zero attached hydrogens (tertiary/aromatic N) is 1. The third-order valence-electron chi connectivity index (χ3n) is 2.67. The van der Waals surface area contributed by atoms with Crippen molar-refractivity contribution >= 4 is 5.82 Å². The lowest BCUT2D eigenvalue weighted by Crippen LogP contribution is -2.09. The topological polar surface area (TPSA) is 60.2 Å². The molecule has 0 saturated carbocycles. The van der Waals surface area contributed by atoms with Gasteiger partial charge in [0, 0.05) is 0 Å². The number of ether oxygens (including phenoxy) is 1. The Morgan fingerprint density at radius 2 is 1.94 bits per heavy atom. The summed E-state index contributed by atoms with van der Waals surface area (Å²) in [6, 6.07) is 13.7. The van der Waals surface area contributed by atoms with E-state index in [4.69, 9.17) is 10.6 Å². The highest BCUT2D eigenvalue weighted by molar-refractivity contribution is 5.33. The van der Waals surface area contributed by atoms with Gasteiger partial charge in [-0.25, -0.2) is 10.8 Å². The van der Waals surface area contributed by atoms with Crippen molar-refractivity contribution in [2.24, 2.45) is 5.84 Å². The second-order valence-electron chi connectivity index (χ2n) is 3.94. The molecule has 1 aromatic carbocycles. The van der Waals surface area contributed by atoms with E-state index in [1.54, 1.807) is 6.07 Å². The molecule has 0 aliphatic carbocycles. The number of hydrogen-bond donors (Lipinski definition) is 2. The number of pyridine rings is 1. The molecule has 4 nitrogen and oxygen atoms in total. The molecule has 2 aromatic rings. The van der Waals surface area contributed by atoms with E-state index in [0.717, 1.165) is 17.9 Å². The summed E-state index contributed by atoms with van der Waals surface area (Å²) in [4.78, 5) is 4.28. The highest BCUT2D eigenvalue weighted by atomic mass is 16.5. The lowest BCUT2D eigenvalue weighted by molar-refractivity contribution is 0.301. The van der Waals surface area contributed by atoms with E-state index in [2.05, 4.69) is 29.5 Å². The van der Waals surface area contributed by atoms with Crippen molar-refractivity contribution in [1.82, 2.24) is 4.98 Å². The molecule has 0 atom stereocenters. The number of hydrazine groups is 1. The lowest BCUT2D eigenvalue weighted by Gasteiger charge is -2.07. The molecule has 0 radical (unpaired) electrons. The summed E-state index contributed by atoms with van der Waals surface area (Å²) < 4.78 is 5.66. The van der Waals surface area contributed by atoms with E-state index in [9.17, 15) is 0 Å². The standard InChI is InChI=1S/C14H17N3O/c1-2-11-6-8-13(9-7-11)18-10-12-4-3-5-14(16-12)17-15/h3-9H,2,10,15H2,1H3,(H,16,17). The number of aryl methyl sites for hydroxylation is 1. The number of aromatic nitrogens is 1. The Kier molecular flexibility index (Phi) is 4.15. The predicted octanol–water partition coefficient (Wildman–Crippen LogP) is 2.51. The Labute approximate surface area is 107 Å². The van der Waals surface area contributed by atoms with Crippen LogP contribution < -0.4 is 16.0 Å². The number of anilines is 1. The first kappa shape index (κ1) is 12.4. The van der Waals surface area contributed by atoms with Crippen molar-refractivity contribution in [3.05, 3.63) is 53.7 Å². The number of nitrogens with two attached hydrogens (primary N) is 1. The van der Waals surface area contributed by atoms with E-state index in [1.165, 1.54) is 5.56 Å². The van der Waals surface area contributed by atoms with Crippen molar-refractivity contribution in [2.75, 3.05) is 5.43 Å². The Morgan fingerprint density at radius 1 is 1.17 bits per heavy atom. The zero-order valence-electron chi connectivity index (χ0n) is 10.4. The van der Waals surface area contributed by atoms with Gasteiger partial charge in [0.25, 0.3) is 0 Å². The third kappa shape index (κ3) is 3.21. The van der Waals surface area contributed by atoms with Gasteiger partial charge in [-0.05, 0) is 36.2 Å². The van der Waals surface area contributed by atoms with Gasteiger partial charge in [-0.2, -0.15) is 0 Å². The number of rotatable bonds is 5. The third-order valence-corrected chi connectivity index (χ3v) is 2.67. The van der Waals surface area contributed by atoms with Crippen molar-refractivity contribution in [1.29, 1.82) is 0 Å². The Hall–Kier alpha value is -2.07. The fraction of sp³-hybridized carbons (Fsp3) is 0.214. The summed E-state index contributed by atoms with van der Waals surface area (Å²) in [7, 11) is 0. The maximum atomic E-state index is 5.66. The average Bonchev–Trinajstić information content (AvgIpc) is 2.46. The number of nitrogens with one attached hydrogen (secondary N) is 1. The maximum Gasteiger partial charge on any atom is 0.140 e. The predicted molar refractivity (Wildman–Crippen MR) is 72.2 cm³/mol. The number of hydrogen-bond acceptors (Lipinski definition) is 4. The van der Waals surface area contributed by atoms with Gasteiger partial charge in [0.15, 0.2) is 0 Å².